The maximum Gasteiger partial charge on any atom is 0.261 e. The molecule has 0 aromatic carbocycles. The third kappa shape index (κ3) is 4.45. The zero-order valence-electron chi connectivity index (χ0n) is 15.2. The average molecular weight is 335 g/mol. The van der Waals surface area contributed by atoms with Crippen LogP contribution in [-0.2, 0) is 4.74 Å². The van der Waals surface area contributed by atoms with Gasteiger partial charge in [-0.3, -0.25) is 9.59 Å². The van der Waals surface area contributed by atoms with Crippen LogP contribution in [0.3, 0.4) is 0 Å². The number of hydrogen-bond acceptors (Lipinski definition) is 4. The van der Waals surface area contributed by atoms with Crippen molar-refractivity contribution in [1.29, 1.82) is 0 Å². The summed E-state index contributed by atoms with van der Waals surface area (Å²) in [6.07, 6.45) is 2.66. The van der Waals surface area contributed by atoms with Gasteiger partial charge in [0.15, 0.2) is 0 Å². The van der Waals surface area contributed by atoms with Crippen molar-refractivity contribution in [2.45, 2.75) is 39.2 Å². The maximum absolute atomic E-state index is 13.1. The summed E-state index contributed by atoms with van der Waals surface area (Å²) < 4.78 is 5.13. The van der Waals surface area contributed by atoms with E-state index in [0.29, 0.717) is 13.2 Å². The predicted octanol–water partition coefficient (Wildman–Crippen LogP) is 1.56. The van der Waals surface area contributed by atoms with Gasteiger partial charge >= 0.3 is 0 Å². The fraction of sp³-hybridized carbons (Fsp3) is 0.667. The molecule has 0 bridgehead atoms. The number of amides is 1. The Morgan fingerprint density at radius 1 is 1.38 bits per heavy atom. The fourth-order valence-corrected chi connectivity index (χ4v) is 3.40. The largest absolute Gasteiger partial charge is 0.385 e. The van der Waals surface area contributed by atoms with E-state index in [1.165, 1.54) is 0 Å². The van der Waals surface area contributed by atoms with Gasteiger partial charge in [-0.05, 0) is 64.9 Å². The maximum atomic E-state index is 13.1. The molecule has 0 saturated carbocycles. The molecule has 0 unspecified atom stereocenters. The Bertz CT molecular complexity index is 618. The van der Waals surface area contributed by atoms with Gasteiger partial charge in [-0.15, -0.1) is 0 Å². The number of ether oxygens (including phenoxy) is 1. The number of nitrogens with zero attached hydrogens (tertiary/aromatic N) is 2. The third-order valence-corrected chi connectivity index (χ3v) is 4.72. The number of H-pyrrole nitrogens is 1. The van der Waals surface area contributed by atoms with Crippen LogP contribution in [0.25, 0.3) is 0 Å². The van der Waals surface area contributed by atoms with E-state index in [0.717, 1.165) is 43.6 Å². The van der Waals surface area contributed by atoms with Gasteiger partial charge < -0.3 is 19.5 Å². The van der Waals surface area contributed by atoms with Crippen LogP contribution in [0.1, 0.15) is 40.9 Å². The van der Waals surface area contributed by atoms with Crippen molar-refractivity contribution in [3.05, 3.63) is 33.2 Å². The number of carbonyl (C=O) groups is 1. The van der Waals surface area contributed by atoms with E-state index >= 15 is 0 Å². The number of aryl methyl sites for hydroxylation is 2. The van der Waals surface area contributed by atoms with Crippen LogP contribution in [0.5, 0.6) is 0 Å². The van der Waals surface area contributed by atoms with E-state index in [9.17, 15) is 9.59 Å². The molecule has 1 amide bonds. The highest BCUT2D eigenvalue weighted by atomic mass is 16.5. The highest BCUT2D eigenvalue weighted by Crippen LogP contribution is 2.19. The lowest BCUT2D eigenvalue weighted by Gasteiger charge is -2.37. The van der Waals surface area contributed by atoms with Crippen LogP contribution in [0, 0.1) is 13.8 Å². The van der Waals surface area contributed by atoms with Gasteiger partial charge in [0.1, 0.15) is 5.56 Å². The molecule has 0 radical (unpaired) electrons. The molecule has 2 rings (SSSR count). The second-order valence-electron chi connectivity index (χ2n) is 6.72. The number of methoxy groups -OCH3 is 1. The van der Waals surface area contributed by atoms with Gasteiger partial charge in [0, 0.05) is 32.0 Å². The van der Waals surface area contributed by atoms with Crippen LogP contribution in [0.15, 0.2) is 10.9 Å². The van der Waals surface area contributed by atoms with Crippen LogP contribution in [0.2, 0.25) is 0 Å². The molecule has 0 atom stereocenters. The molecular formula is C18H29N3O3. The first-order valence-corrected chi connectivity index (χ1v) is 8.63. The Labute approximate surface area is 143 Å². The van der Waals surface area contributed by atoms with E-state index in [1.807, 2.05) is 24.8 Å². The molecule has 2 heterocycles. The summed E-state index contributed by atoms with van der Waals surface area (Å²) >= 11 is 0. The summed E-state index contributed by atoms with van der Waals surface area (Å²) in [6.45, 7) is 6.84. The number of hydrogen-bond donors (Lipinski definition) is 1. The molecule has 24 heavy (non-hydrogen) atoms. The normalized spacial score (nSPS) is 16.3. The SMILES string of the molecule is COCCCN(C(=O)c1c(C)cc(C)[nH]c1=O)C1CCN(C)CC1. The first-order chi connectivity index (χ1) is 11.4. The number of aromatic amines is 1. The van der Waals surface area contributed by atoms with Crippen LogP contribution in [-0.4, -0.2) is 67.1 Å². The molecule has 1 N–H and O–H groups in total. The van der Waals surface area contributed by atoms with Gasteiger partial charge in [0.2, 0.25) is 0 Å². The molecule has 6 nitrogen and oxygen atoms in total. The second kappa shape index (κ2) is 8.44. The molecule has 1 aliphatic rings. The minimum absolute atomic E-state index is 0.153. The Hall–Kier alpha value is -1.66. The number of nitrogens with one attached hydrogen (secondary N) is 1. The molecule has 0 aliphatic carbocycles. The highest BCUT2D eigenvalue weighted by Gasteiger charge is 2.29. The van der Waals surface area contributed by atoms with E-state index in [1.54, 1.807) is 7.11 Å². The third-order valence-electron chi connectivity index (χ3n) is 4.72. The van der Waals surface area contributed by atoms with E-state index in [2.05, 4.69) is 16.9 Å². The van der Waals surface area contributed by atoms with E-state index < -0.39 is 0 Å². The summed E-state index contributed by atoms with van der Waals surface area (Å²) in [6, 6.07) is 2.04. The standard InChI is InChI=1S/C18H29N3O3/c1-13-12-14(2)19-17(22)16(13)18(23)21(8-5-11-24-4)15-6-9-20(3)10-7-15/h12,15H,5-11H2,1-4H3,(H,19,22). The van der Waals surface area contributed by atoms with Crippen molar-refractivity contribution in [3.63, 3.8) is 0 Å². The summed E-state index contributed by atoms with van der Waals surface area (Å²) in [7, 11) is 3.76. The van der Waals surface area contributed by atoms with Gasteiger partial charge in [0.25, 0.3) is 11.5 Å². The van der Waals surface area contributed by atoms with Gasteiger partial charge in [0.05, 0.1) is 0 Å². The van der Waals surface area contributed by atoms with Crippen molar-refractivity contribution in [1.82, 2.24) is 14.8 Å². The smallest absolute Gasteiger partial charge is 0.261 e. The van der Waals surface area contributed by atoms with Crippen molar-refractivity contribution in [2.75, 3.05) is 40.4 Å². The Balaban J connectivity index is 2.25. The molecule has 1 aliphatic heterocycles. The topological polar surface area (TPSA) is 65.6 Å². The van der Waals surface area contributed by atoms with Gasteiger partial charge in [-0.25, -0.2) is 0 Å². The van der Waals surface area contributed by atoms with Gasteiger partial charge in [-0.2, -0.15) is 0 Å². The predicted molar refractivity (Wildman–Crippen MR) is 94.6 cm³/mol. The summed E-state index contributed by atoms with van der Waals surface area (Å²) in [5, 5.41) is 0. The summed E-state index contributed by atoms with van der Waals surface area (Å²) in [5.74, 6) is -0.153. The lowest BCUT2D eigenvalue weighted by atomic mass is 10.0. The molecular weight excluding hydrogens is 306 g/mol. The van der Waals surface area contributed by atoms with E-state index in [4.69, 9.17) is 4.74 Å². The Kier molecular flexibility index (Phi) is 6.57. The fourth-order valence-electron chi connectivity index (χ4n) is 3.40. The molecule has 0 spiro atoms. The quantitative estimate of drug-likeness (QED) is 0.802. The number of rotatable bonds is 6. The van der Waals surface area contributed by atoms with Gasteiger partial charge in [-0.1, -0.05) is 0 Å². The lowest BCUT2D eigenvalue weighted by molar-refractivity contribution is 0.0561. The van der Waals surface area contributed by atoms with Crippen LogP contribution in [0.4, 0.5) is 0 Å². The number of piperidine rings is 1. The first kappa shape index (κ1) is 18.7. The van der Waals surface area contributed by atoms with Crippen molar-refractivity contribution >= 4 is 5.91 Å². The van der Waals surface area contributed by atoms with Crippen molar-refractivity contribution < 1.29 is 9.53 Å². The van der Waals surface area contributed by atoms with Crippen LogP contribution < -0.4 is 5.56 Å². The summed E-state index contributed by atoms with van der Waals surface area (Å²) in [4.78, 5) is 32.4. The zero-order valence-corrected chi connectivity index (χ0v) is 15.2. The molecule has 6 heteroatoms. The number of carbonyl (C=O) groups excluding carboxylic acids is 1. The van der Waals surface area contributed by atoms with E-state index in [-0.39, 0.29) is 23.1 Å². The minimum Gasteiger partial charge on any atom is -0.385 e. The number of pyridine rings is 1. The summed E-state index contributed by atoms with van der Waals surface area (Å²) in [5.41, 5.74) is 1.50. The molecule has 1 saturated heterocycles. The monoisotopic (exact) mass is 335 g/mol. The molecule has 1 aromatic heterocycles. The Morgan fingerprint density at radius 2 is 2.04 bits per heavy atom. The lowest BCUT2D eigenvalue weighted by Crippen LogP contribution is -2.48. The number of likely N-dealkylation sites (tertiary alicyclic amines) is 1. The molecule has 1 aromatic rings. The average Bonchev–Trinajstić information content (AvgIpc) is 2.51. The Morgan fingerprint density at radius 3 is 2.62 bits per heavy atom. The second-order valence-corrected chi connectivity index (χ2v) is 6.72. The highest BCUT2D eigenvalue weighted by molar-refractivity contribution is 5.95. The molecule has 134 valence electrons. The number of aromatic nitrogens is 1. The van der Waals surface area contributed by atoms with Crippen LogP contribution >= 0.6 is 0 Å². The van der Waals surface area contributed by atoms with Crippen molar-refractivity contribution in [3.8, 4) is 0 Å². The van der Waals surface area contributed by atoms with Crippen molar-refractivity contribution in [2.24, 2.45) is 0 Å². The molecule has 1 fully saturated rings. The zero-order chi connectivity index (χ0) is 17.7. The minimum atomic E-state index is -0.290. The first-order valence-electron chi connectivity index (χ1n) is 8.63.